The molecule has 0 fully saturated rings. The molecule has 2 aromatic heterocycles. The maximum Gasteiger partial charge on any atom is 0.273 e. The second-order valence-corrected chi connectivity index (χ2v) is 9.27. The standard InChI is InChI=1S/C26H21N7O2S/c1-15-8-10-17(11-9-15)23-19(13-27)24(29)31-26(20(23)14-28)36-16(2)25(35)30-21-12-22(34)33(32-21)18-6-4-3-5-7-18/h3-12,16,32H,1-2H3,(H2,29,31)(H,30,35). The van der Waals surface area contributed by atoms with Crippen LogP contribution in [0.4, 0.5) is 11.6 Å². The van der Waals surface area contributed by atoms with Gasteiger partial charge in [0.05, 0.1) is 16.5 Å². The van der Waals surface area contributed by atoms with Crippen molar-refractivity contribution in [1.82, 2.24) is 14.8 Å². The Hall–Kier alpha value is -4.80. The molecule has 4 N–H and O–H groups in total. The highest BCUT2D eigenvalue weighted by Crippen LogP contribution is 2.37. The van der Waals surface area contributed by atoms with Crippen molar-refractivity contribution in [3.8, 4) is 29.0 Å². The number of amides is 1. The van der Waals surface area contributed by atoms with Crippen LogP contribution in [-0.2, 0) is 4.79 Å². The summed E-state index contributed by atoms with van der Waals surface area (Å²) in [6, 6.07) is 21.8. The molecule has 9 nitrogen and oxygen atoms in total. The lowest BCUT2D eigenvalue weighted by Crippen LogP contribution is -2.23. The Bertz CT molecular complexity index is 1580. The number of nitriles is 2. The van der Waals surface area contributed by atoms with Gasteiger partial charge in [-0.3, -0.25) is 14.7 Å². The zero-order valence-corrected chi connectivity index (χ0v) is 20.3. The Morgan fingerprint density at radius 2 is 1.78 bits per heavy atom. The number of hydrogen-bond donors (Lipinski definition) is 3. The van der Waals surface area contributed by atoms with Crippen LogP contribution in [0.1, 0.15) is 23.6 Å². The van der Waals surface area contributed by atoms with Gasteiger partial charge in [-0.05, 0) is 31.5 Å². The lowest BCUT2D eigenvalue weighted by Gasteiger charge is -2.16. The molecule has 0 saturated carbocycles. The molecule has 0 aliphatic carbocycles. The first-order valence-corrected chi connectivity index (χ1v) is 11.8. The number of H-pyrrole nitrogens is 1. The summed E-state index contributed by atoms with van der Waals surface area (Å²) in [4.78, 5) is 29.5. The monoisotopic (exact) mass is 495 g/mol. The summed E-state index contributed by atoms with van der Waals surface area (Å²) in [5.41, 5.74) is 8.71. The molecular formula is C26H21N7O2S. The number of aromatic nitrogens is 3. The first-order valence-electron chi connectivity index (χ1n) is 10.9. The third-order valence-electron chi connectivity index (χ3n) is 5.41. The second kappa shape index (κ2) is 10.2. The number of anilines is 2. The molecule has 0 radical (unpaired) electrons. The van der Waals surface area contributed by atoms with Gasteiger partial charge in [0.2, 0.25) is 5.91 Å². The van der Waals surface area contributed by atoms with Gasteiger partial charge in [0.15, 0.2) is 0 Å². The topological polar surface area (TPSA) is 153 Å². The molecule has 0 bridgehead atoms. The van der Waals surface area contributed by atoms with Gasteiger partial charge in [-0.2, -0.15) is 10.5 Å². The number of nitrogen functional groups attached to an aromatic ring is 1. The van der Waals surface area contributed by atoms with Crippen LogP contribution >= 0.6 is 11.8 Å². The number of carbonyl (C=O) groups is 1. The lowest BCUT2D eigenvalue weighted by atomic mass is 9.96. The van der Waals surface area contributed by atoms with Crippen molar-refractivity contribution in [2.75, 3.05) is 11.1 Å². The summed E-state index contributed by atoms with van der Waals surface area (Å²) in [6.45, 7) is 3.58. The number of aryl methyl sites for hydroxylation is 1. The quantitative estimate of drug-likeness (QED) is 0.342. The maximum atomic E-state index is 12.9. The fraction of sp³-hybridized carbons (Fsp3) is 0.115. The molecule has 1 atom stereocenters. The SMILES string of the molecule is Cc1ccc(-c2c(C#N)c(N)nc(SC(C)C(=O)Nc3cc(=O)n(-c4ccccc4)[nH]3)c2C#N)cc1. The van der Waals surface area contributed by atoms with Gasteiger partial charge in [0, 0.05) is 11.6 Å². The Labute approximate surface area is 211 Å². The number of para-hydroxylation sites is 1. The van der Waals surface area contributed by atoms with Gasteiger partial charge < -0.3 is 11.1 Å². The Morgan fingerprint density at radius 1 is 1.11 bits per heavy atom. The van der Waals surface area contributed by atoms with Crippen molar-refractivity contribution in [3.63, 3.8) is 0 Å². The minimum Gasteiger partial charge on any atom is -0.383 e. The summed E-state index contributed by atoms with van der Waals surface area (Å²) in [5, 5.41) is 24.7. The van der Waals surface area contributed by atoms with Crippen LogP contribution in [-0.4, -0.2) is 25.9 Å². The highest BCUT2D eigenvalue weighted by molar-refractivity contribution is 8.00. The largest absolute Gasteiger partial charge is 0.383 e. The Morgan fingerprint density at radius 3 is 2.42 bits per heavy atom. The molecular weight excluding hydrogens is 474 g/mol. The number of hydrogen-bond acceptors (Lipinski definition) is 7. The molecule has 1 unspecified atom stereocenters. The zero-order chi connectivity index (χ0) is 25.8. The van der Waals surface area contributed by atoms with Gasteiger partial charge in [0.1, 0.15) is 34.4 Å². The predicted octanol–water partition coefficient (Wildman–Crippen LogP) is 3.98. The summed E-state index contributed by atoms with van der Waals surface area (Å²) >= 11 is 1.04. The van der Waals surface area contributed by atoms with E-state index in [1.807, 2.05) is 43.3 Å². The fourth-order valence-electron chi connectivity index (χ4n) is 3.58. The van der Waals surface area contributed by atoms with Gasteiger partial charge >= 0.3 is 0 Å². The van der Waals surface area contributed by atoms with E-state index in [1.54, 1.807) is 31.2 Å². The van der Waals surface area contributed by atoms with Gasteiger partial charge in [-0.1, -0.05) is 59.8 Å². The van der Waals surface area contributed by atoms with E-state index < -0.39 is 11.2 Å². The van der Waals surface area contributed by atoms with Crippen molar-refractivity contribution < 1.29 is 4.79 Å². The van der Waals surface area contributed by atoms with E-state index in [2.05, 4.69) is 21.5 Å². The van der Waals surface area contributed by atoms with Gasteiger partial charge in [0.25, 0.3) is 5.56 Å². The first-order chi connectivity index (χ1) is 17.3. The molecule has 2 aromatic carbocycles. The van der Waals surface area contributed by atoms with Crippen LogP contribution in [0.25, 0.3) is 16.8 Å². The van der Waals surface area contributed by atoms with Crippen molar-refractivity contribution in [3.05, 3.63) is 87.7 Å². The molecule has 10 heteroatoms. The summed E-state index contributed by atoms with van der Waals surface area (Å²) in [7, 11) is 0. The lowest BCUT2D eigenvalue weighted by molar-refractivity contribution is -0.115. The minimum absolute atomic E-state index is 0.0218. The van der Waals surface area contributed by atoms with Crippen molar-refractivity contribution in [2.24, 2.45) is 0 Å². The number of thioether (sulfide) groups is 1. The fourth-order valence-corrected chi connectivity index (χ4v) is 4.49. The minimum atomic E-state index is -0.702. The van der Waals surface area contributed by atoms with Gasteiger partial charge in [-0.15, -0.1) is 0 Å². The molecule has 36 heavy (non-hydrogen) atoms. The molecule has 0 saturated heterocycles. The normalized spacial score (nSPS) is 11.3. The molecule has 1 amide bonds. The van der Waals surface area contributed by atoms with Crippen LogP contribution in [0.5, 0.6) is 0 Å². The number of rotatable bonds is 6. The number of nitrogens with two attached hydrogens (primary N) is 1. The molecule has 0 spiro atoms. The third kappa shape index (κ3) is 4.85. The highest BCUT2D eigenvalue weighted by Gasteiger charge is 2.24. The van der Waals surface area contributed by atoms with Crippen LogP contribution in [0.3, 0.4) is 0 Å². The summed E-state index contributed by atoms with van der Waals surface area (Å²) < 4.78 is 1.32. The van der Waals surface area contributed by atoms with E-state index in [0.717, 1.165) is 17.3 Å². The number of carbonyl (C=O) groups excluding carboxylic acids is 1. The average Bonchev–Trinajstić information content (AvgIpc) is 3.24. The van der Waals surface area contributed by atoms with Crippen LogP contribution < -0.4 is 16.6 Å². The van der Waals surface area contributed by atoms with Crippen molar-refractivity contribution >= 4 is 29.3 Å². The van der Waals surface area contributed by atoms with Crippen LogP contribution in [0.2, 0.25) is 0 Å². The first kappa shape index (κ1) is 24.3. The molecule has 4 aromatic rings. The predicted molar refractivity (Wildman–Crippen MR) is 139 cm³/mol. The molecule has 178 valence electrons. The van der Waals surface area contributed by atoms with E-state index in [0.29, 0.717) is 16.8 Å². The average molecular weight is 496 g/mol. The number of nitrogens with zero attached hydrogens (tertiary/aromatic N) is 4. The number of pyridine rings is 1. The highest BCUT2D eigenvalue weighted by atomic mass is 32.2. The number of nitrogens with one attached hydrogen (secondary N) is 2. The summed E-state index contributed by atoms with van der Waals surface area (Å²) in [6.07, 6.45) is 0. The van der Waals surface area contributed by atoms with E-state index >= 15 is 0 Å². The van der Waals surface area contributed by atoms with Crippen molar-refractivity contribution in [1.29, 1.82) is 10.5 Å². The van der Waals surface area contributed by atoms with E-state index in [1.165, 1.54) is 10.7 Å². The molecule has 4 rings (SSSR count). The van der Waals surface area contributed by atoms with Crippen LogP contribution in [0, 0.1) is 29.6 Å². The maximum absolute atomic E-state index is 12.9. The van der Waals surface area contributed by atoms with E-state index in [9.17, 15) is 20.1 Å². The van der Waals surface area contributed by atoms with E-state index in [-0.39, 0.29) is 33.3 Å². The molecule has 0 aliphatic heterocycles. The zero-order valence-electron chi connectivity index (χ0n) is 19.4. The van der Waals surface area contributed by atoms with Crippen molar-refractivity contribution in [2.45, 2.75) is 24.1 Å². The van der Waals surface area contributed by atoms with Gasteiger partial charge in [-0.25, -0.2) is 9.67 Å². The smallest absolute Gasteiger partial charge is 0.273 e. The molecule has 2 heterocycles. The van der Waals surface area contributed by atoms with E-state index in [4.69, 9.17) is 5.73 Å². The van der Waals surface area contributed by atoms with Crippen LogP contribution in [0.15, 0.2) is 70.5 Å². The molecule has 0 aliphatic rings. The number of benzene rings is 2. The summed E-state index contributed by atoms with van der Waals surface area (Å²) in [5.74, 6) is -0.201. The second-order valence-electron chi connectivity index (χ2n) is 7.95. The Balaban J connectivity index is 1.62. The third-order valence-corrected chi connectivity index (χ3v) is 6.49. The Kier molecular flexibility index (Phi) is 6.91. The number of aromatic amines is 1.